The largest absolute Gasteiger partial charge is 0.387 e. The Morgan fingerprint density at radius 2 is 1.95 bits per heavy atom. The summed E-state index contributed by atoms with van der Waals surface area (Å²) in [4.78, 5) is 12.3. The fourth-order valence-corrected chi connectivity index (χ4v) is 2.25. The van der Waals surface area contributed by atoms with Crippen molar-refractivity contribution in [3.05, 3.63) is 58.1 Å². The van der Waals surface area contributed by atoms with Gasteiger partial charge in [0.25, 0.3) is 5.91 Å². The molecular weight excluding hydrogens is 318 g/mol. The zero-order chi connectivity index (χ0) is 14.5. The molecule has 4 nitrogen and oxygen atoms in total. The summed E-state index contributed by atoms with van der Waals surface area (Å²) in [6, 6.07) is 14.3. The monoisotopic (exact) mass is 329 g/mol. The molecule has 0 radical (unpaired) electrons. The van der Waals surface area contributed by atoms with E-state index in [-0.39, 0.29) is 5.91 Å². The van der Waals surface area contributed by atoms with Crippen molar-refractivity contribution in [2.24, 2.45) is 0 Å². The van der Waals surface area contributed by atoms with Gasteiger partial charge in [-0.15, -0.1) is 0 Å². The first-order valence-corrected chi connectivity index (χ1v) is 6.73. The van der Waals surface area contributed by atoms with Crippen LogP contribution in [0, 0.1) is 11.3 Å². The van der Waals surface area contributed by atoms with Crippen molar-refractivity contribution in [1.82, 2.24) is 0 Å². The van der Waals surface area contributed by atoms with E-state index < -0.39 is 0 Å². The minimum absolute atomic E-state index is 0.208. The average molecular weight is 330 g/mol. The zero-order valence-electron chi connectivity index (χ0n) is 10.8. The summed E-state index contributed by atoms with van der Waals surface area (Å²) in [5.74, 6) is -0.208. The number of carbonyl (C=O) groups excluding carboxylic acids is 1. The molecule has 2 aromatic carbocycles. The van der Waals surface area contributed by atoms with Crippen LogP contribution in [0.3, 0.4) is 0 Å². The summed E-state index contributed by atoms with van der Waals surface area (Å²) >= 11 is 3.34. The molecule has 0 spiro atoms. The predicted molar refractivity (Wildman–Crippen MR) is 82.8 cm³/mol. The van der Waals surface area contributed by atoms with Crippen molar-refractivity contribution in [2.45, 2.75) is 0 Å². The van der Waals surface area contributed by atoms with E-state index in [1.165, 1.54) is 0 Å². The molecule has 0 aliphatic heterocycles. The SMILES string of the molecule is CNc1ccccc1C(=O)Nc1ccc(C#N)cc1Br. The quantitative estimate of drug-likeness (QED) is 0.903. The van der Waals surface area contributed by atoms with Gasteiger partial charge in [0.05, 0.1) is 22.9 Å². The molecule has 0 bridgehead atoms. The first kappa shape index (κ1) is 14.1. The van der Waals surface area contributed by atoms with E-state index in [2.05, 4.69) is 26.6 Å². The number of halogens is 1. The van der Waals surface area contributed by atoms with Gasteiger partial charge in [-0.25, -0.2) is 0 Å². The van der Waals surface area contributed by atoms with Crippen molar-refractivity contribution in [3.63, 3.8) is 0 Å². The van der Waals surface area contributed by atoms with Crippen LogP contribution >= 0.6 is 15.9 Å². The molecule has 2 rings (SSSR count). The number of para-hydroxylation sites is 1. The van der Waals surface area contributed by atoms with Crippen LogP contribution < -0.4 is 10.6 Å². The molecule has 2 N–H and O–H groups in total. The highest BCUT2D eigenvalue weighted by Crippen LogP contribution is 2.25. The number of anilines is 2. The molecule has 0 aliphatic carbocycles. The lowest BCUT2D eigenvalue weighted by Crippen LogP contribution is -2.14. The van der Waals surface area contributed by atoms with Crippen molar-refractivity contribution < 1.29 is 4.79 Å². The van der Waals surface area contributed by atoms with Gasteiger partial charge in [0.15, 0.2) is 0 Å². The number of carbonyl (C=O) groups is 1. The van der Waals surface area contributed by atoms with Gasteiger partial charge in [0, 0.05) is 17.2 Å². The molecule has 0 saturated heterocycles. The van der Waals surface area contributed by atoms with Crippen LogP contribution in [-0.2, 0) is 0 Å². The normalized spacial score (nSPS) is 9.65. The van der Waals surface area contributed by atoms with E-state index in [4.69, 9.17) is 5.26 Å². The van der Waals surface area contributed by atoms with Crippen LogP contribution in [0.5, 0.6) is 0 Å². The summed E-state index contributed by atoms with van der Waals surface area (Å²) in [5.41, 5.74) is 2.48. The van der Waals surface area contributed by atoms with Crippen LogP contribution in [0.2, 0.25) is 0 Å². The summed E-state index contributed by atoms with van der Waals surface area (Å²) in [5, 5.41) is 14.6. The smallest absolute Gasteiger partial charge is 0.257 e. The fraction of sp³-hybridized carbons (Fsp3) is 0.0667. The Labute approximate surface area is 125 Å². The van der Waals surface area contributed by atoms with Crippen molar-refractivity contribution >= 4 is 33.2 Å². The Hall–Kier alpha value is -2.32. The molecule has 0 atom stereocenters. The van der Waals surface area contributed by atoms with E-state index in [0.717, 1.165) is 5.69 Å². The van der Waals surface area contributed by atoms with Gasteiger partial charge < -0.3 is 10.6 Å². The van der Waals surface area contributed by atoms with Gasteiger partial charge >= 0.3 is 0 Å². The van der Waals surface area contributed by atoms with E-state index in [0.29, 0.717) is 21.3 Å². The Kier molecular flexibility index (Phi) is 4.38. The second kappa shape index (κ2) is 6.22. The minimum Gasteiger partial charge on any atom is -0.387 e. The van der Waals surface area contributed by atoms with E-state index >= 15 is 0 Å². The van der Waals surface area contributed by atoms with Crippen molar-refractivity contribution in [3.8, 4) is 6.07 Å². The second-order valence-electron chi connectivity index (χ2n) is 4.06. The van der Waals surface area contributed by atoms with Crippen molar-refractivity contribution in [2.75, 3.05) is 17.7 Å². The molecular formula is C15H12BrN3O. The van der Waals surface area contributed by atoms with E-state index in [1.54, 1.807) is 31.3 Å². The van der Waals surface area contributed by atoms with Gasteiger partial charge in [-0.1, -0.05) is 12.1 Å². The molecule has 1 amide bonds. The molecule has 0 aromatic heterocycles. The lowest BCUT2D eigenvalue weighted by Gasteiger charge is -2.11. The number of nitriles is 1. The topological polar surface area (TPSA) is 64.9 Å². The first-order valence-electron chi connectivity index (χ1n) is 5.93. The number of benzene rings is 2. The third kappa shape index (κ3) is 2.98. The summed E-state index contributed by atoms with van der Waals surface area (Å²) in [6.45, 7) is 0. The third-order valence-corrected chi connectivity index (χ3v) is 3.44. The summed E-state index contributed by atoms with van der Waals surface area (Å²) in [7, 11) is 1.77. The molecule has 0 fully saturated rings. The highest BCUT2D eigenvalue weighted by atomic mass is 79.9. The molecule has 0 heterocycles. The summed E-state index contributed by atoms with van der Waals surface area (Å²) < 4.78 is 0.673. The van der Waals surface area contributed by atoms with E-state index in [1.807, 2.05) is 24.3 Å². The van der Waals surface area contributed by atoms with Crippen LogP contribution in [0.4, 0.5) is 11.4 Å². The maximum Gasteiger partial charge on any atom is 0.257 e. The van der Waals surface area contributed by atoms with E-state index in [9.17, 15) is 4.79 Å². The highest BCUT2D eigenvalue weighted by Gasteiger charge is 2.11. The standard InChI is InChI=1S/C15H12BrN3O/c1-18-13-5-3-2-4-11(13)15(20)19-14-7-6-10(9-17)8-12(14)16/h2-8,18H,1H3,(H,19,20). The molecule has 0 unspecified atom stereocenters. The van der Waals surface area contributed by atoms with Crippen LogP contribution in [0.15, 0.2) is 46.9 Å². The average Bonchev–Trinajstić information content (AvgIpc) is 2.49. The maximum absolute atomic E-state index is 12.3. The van der Waals surface area contributed by atoms with Crippen LogP contribution in [-0.4, -0.2) is 13.0 Å². The highest BCUT2D eigenvalue weighted by molar-refractivity contribution is 9.10. The molecule has 100 valence electrons. The number of rotatable bonds is 3. The Balaban J connectivity index is 2.26. The second-order valence-corrected chi connectivity index (χ2v) is 4.91. The van der Waals surface area contributed by atoms with Gasteiger partial charge in [-0.3, -0.25) is 4.79 Å². The number of hydrogen-bond donors (Lipinski definition) is 2. The first-order chi connectivity index (χ1) is 9.65. The number of nitrogens with zero attached hydrogens (tertiary/aromatic N) is 1. The fourth-order valence-electron chi connectivity index (χ4n) is 1.77. The summed E-state index contributed by atoms with van der Waals surface area (Å²) in [6.07, 6.45) is 0. The van der Waals surface area contributed by atoms with Gasteiger partial charge in [-0.05, 0) is 46.3 Å². The predicted octanol–water partition coefficient (Wildman–Crippen LogP) is 3.61. The van der Waals surface area contributed by atoms with Crippen LogP contribution in [0.1, 0.15) is 15.9 Å². The number of nitrogens with one attached hydrogen (secondary N) is 2. The van der Waals surface area contributed by atoms with Gasteiger partial charge in [-0.2, -0.15) is 5.26 Å². The number of amides is 1. The molecule has 20 heavy (non-hydrogen) atoms. The Morgan fingerprint density at radius 3 is 2.60 bits per heavy atom. The zero-order valence-corrected chi connectivity index (χ0v) is 12.4. The van der Waals surface area contributed by atoms with Crippen LogP contribution in [0.25, 0.3) is 0 Å². The minimum atomic E-state index is -0.208. The van der Waals surface area contributed by atoms with Gasteiger partial charge in [0.1, 0.15) is 0 Å². The Bertz CT molecular complexity index is 692. The molecule has 0 aliphatic rings. The maximum atomic E-state index is 12.3. The lowest BCUT2D eigenvalue weighted by molar-refractivity contribution is 0.102. The molecule has 0 saturated carbocycles. The molecule has 2 aromatic rings. The van der Waals surface area contributed by atoms with Gasteiger partial charge in [0.2, 0.25) is 0 Å². The molecule has 5 heteroatoms. The third-order valence-electron chi connectivity index (χ3n) is 2.79. The lowest BCUT2D eigenvalue weighted by atomic mass is 10.1. The Morgan fingerprint density at radius 1 is 1.20 bits per heavy atom. The van der Waals surface area contributed by atoms with Crippen molar-refractivity contribution in [1.29, 1.82) is 5.26 Å². The number of hydrogen-bond acceptors (Lipinski definition) is 3.